The molecule has 19 heteroatoms. The minimum Gasteiger partial charge on any atom is -0.534 e. The highest BCUT2D eigenvalue weighted by molar-refractivity contribution is 6.47. The summed E-state index contributed by atoms with van der Waals surface area (Å²) in [5.41, 5.74) is 3.78. The lowest BCUT2D eigenvalue weighted by atomic mass is 9.72. The number of carboxylic acids is 1. The summed E-state index contributed by atoms with van der Waals surface area (Å²) in [6.45, 7) is -0.334. The lowest BCUT2D eigenvalue weighted by Gasteiger charge is -2.34. The standard InChI is InChI=1S/C24H23BClF2N5O10/c26-16-14(11(28)8-12(34)18(16)35)17(31-24(41)33-6-5-32(4-3-29)21(37)22(33)38)20(36)30-13-7-9-1-2-10(27)15(23(39)40)19(9)43-25(13)42/h1-2,8,13,17,34-35,42H,3-7,29H2,(H,30,36)(H,31,41)(H,39,40)/t13-,17?/m0/s1. The number of nitrogens with one attached hydrogen (secondary N) is 2. The van der Waals surface area contributed by atoms with Gasteiger partial charge in [0.05, 0.1) is 11.0 Å². The molecule has 2 aliphatic rings. The molecule has 2 aliphatic heterocycles. The molecule has 4 rings (SSSR count). The van der Waals surface area contributed by atoms with Crippen LogP contribution in [0.1, 0.15) is 27.5 Å². The van der Waals surface area contributed by atoms with Crippen LogP contribution in [0, 0.1) is 11.6 Å². The fourth-order valence-corrected chi connectivity index (χ4v) is 4.90. The van der Waals surface area contributed by atoms with Crippen molar-refractivity contribution in [2.24, 2.45) is 5.73 Å². The third-order valence-corrected chi connectivity index (χ3v) is 7.11. The summed E-state index contributed by atoms with van der Waals surface area (Å²) < 4.78 is 34.3. The number of aromatic carboxylic acids is 1. The molecule has 8 N–H and O–H groups in total. The number of carboxylic acid groups (broad SMARTS) is 1. The van der Waals surface area contributed by atoms with Gasteiger partial charge in [0.2, 0.25) is 5.91 Å². The van der Waals surface area contributed by atoms with E-state index < -0.39 is 93.9 Å². The molecule has 2 aromatic carbocycles. The van der Waals surface area contributed by atoms with Crippen molar-refractivity contribution in [2.45, 2.75) is 18.4 Å². The van der Waals surface area contributed by atoms with Gasteiger partial charge < -0.3 is 46.3 Å². The number of phenols is 2. The predicted octanol–water partition coefficient (Wildman–Crippen LogP) is -0.753. The van der Waals surface area contributed by atoms with E-state index in [0.29, 0.717) is 11.0 Å². The molecule has 1 unspecified atom stereocenters. The smallest absolute Gasteiger partial charge is 0.534 e. The molecule has 0 radical (unpaired) electrons. The fraction of sp³-hybridized carbons (Fsp3) is 0.292. The highest BCUT2D eigenvalue weighted by Crippen LogP contribution is 2.40. The molecule has 15 nitrogen and oxygen atoms in total. The summed E-state index contributed by atoms with van der Waals surface area (Å²) >= 11 is 6.02. The van der Waals surface area contributed by atoms with Crippen LogP contribution in [0.25, 0.3) is 0 Å². The van der Waals surface area contributed by atoms with Crippen molar-refractivity contribution < 1.29 is 57.8 Å². The maximum atomic E-state index is 15.1. The van der Waals surface area contributed by atoms with E-state index in [4.69, 9.17) is 22.0 Å². The van der Waals surface area contributed by atoms with E-state index in [1.165, 1.54) is 0 Å². The van der Waals surface area contributed by atoms with Gasteiger partial charge in [0, 0.05) is 37.8 Å². The molecule has 2 atom stereocenters. The van der Waals surface area contributed by atoms with Crippen LogP contribution in [0.4, 0.5) is 13.6 Å². The van der Waals surface area contributed by atoms with Crippen molar-refractivity contribution in [3.8, 4) is 17.2 Å². The number of carbonyl (C=O) groups excluding carboxylic acids is 4. The van der Waals surface area contributed by atoms with E-state index in [1.54, 1.807) is 0 Å². The van der Waals surface area contributed by atoms with Crippen LogP contribution in [0.15, 0.2) is 18.2 Å². The maximum absolute atomic E-state index is 15.1. The van der Waals surface area contributed by atoms with E-state index in [2.05, 4.69) is 10.6 Å². The quantitative estimate of drug-likeness (QED) is 0.115. The number of phenolic OH excluding ortho intramolecular Hbond substituents is 2. The number of amides is 5. The van der Waals surface area contributed by atoms with Crippen molar-refractivity contribution in [1.29, 1.82) is 0 Å². The maximum Gasteiger partial charge on any atom is 0.547 e. The SMILES string of the molecule is NCCN1CCN(C(=O)NC(C(=O)N[C@H]2Cc3ccc(F)c(C(=O)O)c3OB2O)c2c(F)cc(O)c(O)c2Cl)C(=O)C1=O. The van der Waals surface area contributed by atoms with Crippen LogP contribution in [0.3, 0.4) is 0 Å². The molecule has 5 amide bonds. The Kier molecular flexibility index (Phi) is 8.93. The first-order chi connectivity index (χ1) is 20.3. The number of rotatable bonds is 7. The van der Waals surface area contributed by atoms with E-state index in [1.807, 2.05) is 0 Å². The van der Waals surface area contributed by atoms with E-state index >= 15 is 4.39 Å². The topological polar surface area (TPSA) is 232 Å². The van der Waals surface area contributed by atoms with Gasteiger partial charge in [0.15, 0.2) is 11.5 Å². The van der Waals surface area contributed by atoms with Crippen molar-refractivity contribution in [2.75, 3.05) is 26.2 Å². The Morgan fingerprint density at radius 3 is 2.51 bits per heavy atom. The average molecular weight is 626 g/mol. The first-order valence-electron chi connectivity index (χ1n) is 12.5. The number of aromatic hydroxyl groups is 2. The fourth-order valence-electron chi connectivity index (χ4n) is 4.61. The molecule has 1 saturated heterocycles. The molecule has 0 aromatic heterocycles. The number of hydrogen-bond donors (Lipinski definition) is 7. The Hall–Kier alpha value is -4.68. The van der Waals surface area contributed by atoms with Crippen molar-refractivity contribution in [1.82, 2.24) is 20.4 Å². The molecule has 228 valence electrons. The second-order valence-corrected chi connectivity index (χ2v) is 9.80. The Labute approximate surface area is 245 Å². The minimum atomic E-state index is -2.15. The van der Waals surface area contributed by atoms with E-state index in [0.717, 1.165) is 17.0 Å². The molecule has 0 saturated carbocycles. The number of piperazine rings is 1. The number of fused-ring (bicyclic) bond motifs is 1. The number of nitrogens with zero attached hydrogens (tertiary/aromatic N) is 2. The Balaban J connectivity index is 1.64. The van der Waals surface area contributed by atoms with Gasteiger partial charge in [-0.1, -0.05) is 17.7 Å². The first-order valence-corrected chi connectivity index (χ1v) is 12.8. The first kappa shape index (κ1) is 31.3. The molecule has 0 aliphatic carbocycles. The van der Waals surface area contributed by atoms with Crippen LogP contribution < -0.4 is 21.0 Å². The summed E-state index contributed by atoms with van der Waals surface area (Å²) in [5.74, 6) is -11.7. The van der Waals surface area contributed by atoms with Gasteiger partial charge in [0.25, 0.3) is 0 Å². The van der Waals surface area contributed by atoms with Gasteiger partial charge in [-0.3, -0.25) is 19.3 Å². The summed E-state index contributed by atoms with van der Waals surface area (Å²) in [5, 5.41) is 43.1. The Morgan fingerprint density at radius 2 is 1.86 bits per heavy atom. The highest BCUT2D eigenvalue weighted by Gasteiger charge is 2.42. The normalized spacial score (nSPS) is 17.2. The van der Waals surface area contributed by atoms with E-state index in [-0.39, 0.29) is 38.2 Å². The van der Waals surface area contributed by atoms with Crippen molar-refractivity contribution >= 4 is 48.4 Å². The Morgan fingerprint density at radius 1 is 1.16 bits per heavy atom. The van der Waals surface area contributed by atoms with Crippen LogP contribution in [-0.4, -0.2) is 99.1 Å². The monoisotopic (exact) mass is 625 g/mol. The molecule has 0 spiro atoms. The molecule has 2 aromatic rings. The van der Waals surface area contributed by atoms with E-state index in [9.17, 15) is 48.7 Å². The van der Waals surface area contributed by atoms with Crippen LogP contribution in [0.2, 0.25) is 5.02 Å². The summed E-state index contributed by atoms with van der Waals surface area (Å²) in [4.78, 5) is 64.6. The number of halogens is 3. The second-order valence-electron chi connectivity index (χ2n) is 9.42. The zero-order valence-corrected chi connectivity index (χ0v) is 22.6. The average Bonchev–Trinajstić information content (AvgIpc) is 2.94. The lowest BCUT2D eigenvalue weighted by Crippen LogP contribution is -2.60. The van der Waals surface area contributed by atoms with Crippen LogP contribution in [0.5, 0.6) is 17.2 Å². The number of nitrogens with two attached hydrogens (primary N) is 1. The summed E-state index contributed by atoms with van der Waals surface area (Å²) in [6.07, 6.45) is -0.323. The van der Waals surface area contributed by atoms with Crippen LogP contribution in [-0.2, 0) is 20.8 Å². The summed E-state index contributed by atoms with van der Waals surface area (Å²) in [6, 6.07) is -1.08. The van der Waals surface area contributed by atoms with Gasteiger partial charge in [-0.2, -0.15) is 0 Å². The third-order valence-electron chi connectivity index (χ3n) is 6.73. The van der Waals surface area contributed by atoms with Crippen LogP contribution >= 0.6 is 11.6 Å². The predicted molar refractivity (Wildman–Crippen MR) is 141 cm³/mol. The molecular formula is C24H23BClF2N5O10. The minimum absolute atomic E-state index is 0.0359. The van der Waals surface area contributed by atoms with Crippen molar-refractivity contribution in [3.05, 3.63) is 51.5 Å². The lowest BCUT2D eigenvalue weighted by molar-refractivity contribution is -0.153. The molecule has 43 heavy (non-hydrogen) atoms. The molecular weight excluding hydrogens is 603 g/mol. The van der Waals surface area contributed by atoms with Gasteiger partial charge in [-0.25, -0.2) is 18.4 Å². The zero-order valence-electron chi connectivity index (χ0n) is 21.8. The molecule has 1 fully saturated rings. The number of hydrogen-bond acceptors (Lipinski definition) is 10. The Bertz CT molecular complexity index is 1530. The molecule has 0 bridgehead atoms. The largest absolute Gasteiger partial charge is 0.547 e. The molecule has 2 heterocycles. The number of carbonyl (C=O) groups is 5. The van der Waals surface area contributed by atoms with Gasteiger partial charge in [0.1, 0.15) is 29.0 Å². The number of urea groups is 1. The van der Waals surface area contributed by atoms with Crippen molar-refractivity contribution in [3.63, 3.8) is 0 Å². The van der Waals surface area contributed by atoms with Gasteiger partial charge >= 0.3 is 30.9 Å². The zero-order chi connectivity index (χ0) is 31.7. The highest BCUT2D eigenvalue weighted by atomic mass is 35.5. The third kappa shape index (κ3) is 5.97. The second kappa shape index (κ2) is 12.3. The number of benzene rings is 2. The summed E-state index contributed by atoms with van der Waals surface area (Å²) in [7, 11) is -1.96. The van der Waals surface area contributed by atoms with Gasteiger partial charge in [-0.05, 0) is 18.1 Å². The van der Waals surface area contributed by atoms with Gasteiger partial charge in [-0.15, -0.1) is 0 Å². The number of imide groups is 1.